The maximum absolute atomic E-state index is 10.8. The van der Waals surface area contributed by atoms with Crippen LogP contribution in [0.3, 0.4) is 0 Å². The zero-order valence-electron chi connectivity index (χ0n) is 7.92. The lowest BCUT2D eigenvalue weighted by Crippen LogP contribution is -2.18. The van der Waals surface area contributed by atoms with Gasteiger partial charge in [-0.3, -0.25) is 0 Å². The van der Waals surface area contributed by atoms with Gasteiger partial charge in [-0.15, -0.1) is 0 Å². The van der Waals surface area contributed by atoms with Gasteiger partial charge in [-0.1, -0.05) is 40.2 Å². The summed E-state index contributed by atoms with van der Waals surface area (Å²) in [6.45, 7) is 0.308. The van der Waals surface area contributed by atoms with E-state index < -0.39 is 6.09 Å². The fourth-order valence-corrected chi connectivity index (χ4v) is 1.32. The predicted molar refractivity (Wildman–Crippen MR) is 58.3 cm³/mol. The van der Waals surface area contributed by atoms with Crippen LogP contribution < -0.4 is 5.32 Å². The van der Waals surface area contributed by atoms with Crippen LogP contribution in [0, 0.1) is 0 Å². The van der Waals surface area contributed by atoms with Gasteiger partial charge >= 0.3 is 6.09 Å². The number of ether oxygens (including phenoxy) is 1. The van der Waals surface area contributed by atoms with E-state index in [1.54, 1.807) is 0 Å². The van der Waals surface area contributed by atoms with Gasteiger partial charge in [0.1, 0.15) is 6.61 Å². The summed E-state index contributed by atoms with van der Waals surface area (Å²) in [7, 11) is 1.54. The Morgan fingerprint density at radius 1 is 1.36 bits per heavy atom. The summed E-state index contributed by atoms with van der Waals surface area (Å²) in [5, 5.41) is 3.23. The van der Waals surface area contributed by atoms with E-state index in [1.165, 1.54) is 12.6 Å². The Bertz CT molecular complexity index is 297. The molecule has 0 aromatic heterocycles. The summed E-state index contributed by atoms with van der Waals surface area (Å²) in [5.74, 6) is 0. The Morgan fingerprint density at radius 2 is 1.93 bits per heavy atom. The number of carbonyl (C=O) groups excluding carboxylic acids is 1. The fraction of sp³-hybridized carbons (Fsp3) is 0.300. The fourth-order valence-electron chi connectivity index (χ4n) is 0.946. The van der Waals surface area contributed by atoms with E-state index in [0.29, 0.717) is 6.61 Å². The summed E-state index contributed by atoms with van der Waals surface area (Å²) in [6, 6.07) is 7.88. The Morgan fingerprint density at radius 3 is 2.43 bits per heavy atom. The quantitative estimate of drug-likeness (QED) is 0.845. The summed E-state index contributed by atoms with van der Waals surface area (Å²) in [6.07, 6.45) is -0.408. The zero-order valence-corrected chi connectivity index (χ0v) is 9.50. The molecule has 0 unspecified atom stereocenters. The third kappa shape index (κ3) is 3.38. The maximum Gasteiger partial charge on any atom is 0.407 e. The molecular formula is C10H12BrNO2. The maximum atomic E-state index is 10.8. The average Bonchev–Trinajstić information content (AvgIpc) is 2.26. The van der Waals surface area contributed by atoms with Crippen LogP contribution in [-0.2, 0) is 16.7 Å². The highest BCUT2D eigenvalue weighted by molar-refractivity contribution is 9.08. The van der Waals surface area contributed by atoms with Crippen LogP contribution in [0.1, 0.15) is 11.1 Å². The molecule has 1 aromatic carbocycles. The summed E-state index contributed by atoms with van der Waals surface area (Å²) in [5.41, 5.74) is 2.19. The molecule has 0 aliphatic carbocycles. The number of hydrogen-bond donors (Lipinski definition) is 1. The number of amides is 1. The Labute approximate surface area is 91.6 Å². The van der Waals surface area contributed by atoms with Crippen molar-refractivity contribution in [3.8, 4) is 0 Å². The number of alkyl halides is 1. The van der Waals surface area contributed by atoms with E-state index in [0.717, 1.165) is 10.9 Å². The molecule has 76 valence electrons. The Balaban J connectivity index is 2.47. The third-order valence-corrected chi connectivity index (χ3v) is 2.40. The largest absolute Gasteiger partial charge is 0.445 e. The molecule has 0 heterocycles. The molecule has 0 atom stereocenters. The second-order valence-corrected chi connectivity index (χ2v) is 3.34. The van der Waals surface area contributed by atoms with Crippen LogP contribution >= 0.6 is 15.9 Å². The highest BCUT2D eigenvalue weighted by Crippen LogP contribution is 2.08. The molecule has 1 rings (SSSR count). The van der Waals surface area contributed by atoms with Crippen LogP contribution in [0.5, 0.6) is 0 Å². The van der Waals surface area contributed by atoms with Crippen LogP contribution in [0.4, 0.5) is 4.79 Å². The molecule has 0 aliphatic rings. The van der Waals surface area contributed by atoms with Gasteiger partial charge in [0.15, 0.2) is 0 Å². The molecule has 1 aromatic rings. The van der Waals surface area contributed by atoms with Gasteiger partial charge in [0.25, 0.3) is 0 Å². The van der Waals surface area contributed by atoms with Gasteiger partial charge in [0.05, 0.1) is 0 Å². The van der Waals surface area contributed by atoms with Crippen molar-refractivity contribution in [2.45, 2.75) is 11.9 Å². The Kier molecular flexibility index (Phi) is 4.46. The van der Waals surface area contributed by atoms with Gasteiger partial charge in [-0.25, -0.2) is 4.79 Å². The molecule has 0 radical (unpaired) electrons. The molecule has 0 saturated heterocycles. The summed E-state index contributed by atoms with van der Waals surface area (Å²) >= 11 is 3.36. The first-order chi connectivity index (χ1) is 6.76. The lowest BCUT2D eigenvalue weighted by Gasteiger charge is -2.04. The Hall–Kier alpha value is -1.03. The topological polar surface area (TPSA) is 38.3 Å². The predicted octanol–water partition coefficient (Wildman–Crippen LogP) is 2.44. The van der Waals surface area contributed by atoms with Crippen LogP contribution in [0.15, 0.2) is 24.3 Å². The van der Waals surface area contributed by atoms with Crippen LogP contribution in [0.2, 0.25) is 0 Å². The highest BCUT2D eigenvalue weighted by Gasteiger charge is 1.98. The van der Waals surface area contributed by atoms with Crippen molar-refractivity contribution in [1.82, 2.24) is 5.32 Å². The molecule has 1 N–H and O–H groups in total. The van der Waals surface area contributed by atoms with Crippen molar-refractivity contribution < 1.29 is 9.53 Å². The first-order valence-electron chi connectivity index (χ1n) is 4.24. The first kappa shape index (κ1) is 11.0. The summed E-state index contributed by atoms with van der Waals surface area (Å²) in [4.78, 5) is 10.8. The van der Waals surface area contributed by atoms with Crippen molar-refractivity contribution in [1.29, 1.82) is 0 Å². The molecule has 0 fully saturated rings. The second-order valence-electron chi connectivity index (χ2n) is 2.78. The van der Waals surface area contributed by atoms with Crippen molar-refractivity contribution in [2.75, 3.05) is 7.05 Å². The number of rotatable bonds is 3. The number of carbonyl (C=O) groups is 1. The number of benzene rings is 1. The van der Waals surface area contributed by atoms with Crippen molar-refractivity contribution in [3.63, 3.8) is 0 Å². The molecule has 0 bridgehead atoms. The SMILES string of the molecule is CNC(=O)OCc1ccc(CBr)cc1. The molecule has 0 aliphatic heterocycles. The molecular weight excluding hydrogens is 246 g/mol. The minimum atomic E-state index is -0.408. The van der Waals surface area contributed by atoms with Gasteiger partial charge in [0, 0.05) is 12.4 Å². The monoisotopic (exact) mass is 257 g/mol. The standard InChI is InChI=1S/C10H12BrNO2/c1-12-10(13)14-7-9-4-2-8(6-11)3-5-9/h2-5H,6-7H2,1H3,(H,12,13). The smallest absolute Gasteiger partial charge is 0.407 e. The molecule has 0 spiro atoms. The van der Waals surface area contributed by atoms with E-state index in [2.05, 4.69) is 21.2 Å². The van der Waals surface area contributed by atoms with E-state index in [1.807, 2.05) is 24.3 Å². The normalized spacial score (nSPS) is 9.57. The van der Waals surface area contributed by atoms with Gasteiger partial charge in [0.2, 0.25) is 0 Å². The van der Waals surface area contributed by atoms with E-state index in [9.17, 15) is 4.79 Å². The third-order valence-electron chi connectivity index (χ3n) is 1.75. The highest BCUT2D eigenvalue weighted by atomic mass is 79.9. The average molecular weight is 258 g/mol. The zero-order chi connectivity index (χ0) is 10.4. The lowest BCUT2D eigenvalue weighted by molar-refractivity contribution is 0.142. The minimum Gasteiger partial charge on any atom is -0.445 e. The van der Waals surface area contributed by atoms with E-state index >= 15 is 0 Å². The number of nitrogens with one attached hydrogen (secondary N) is 1. The lowest BCUT2D eigenvalue weighted by atomic mass is 10.2. The number of alkyl carbamates (subject to hydrolysis) is 1. The summed E-state index contributed by atoms with van der Waals surface area (Å²) < 4.78 is 4.89. The van der Waals surface area contributed by atoms with Gasteiger partial charge in [-0.2, -0.15) is 0 Å². The van der Waals surface area contributed by atoms with Crippen molar-refractivity contribution >= 4 is 22.0 Å². The molecule has 1 amide bonds. The van der Waals surface area contributed by atoms with Crippen LogP contribution in [0.25, 0.3) is 0 Å². The van der Waals surface area contributed by atoms with Crippen LogP contribution in [-0.4, -0.2) is 13.1 Å². The van der Waals surface area contributed by atoms with Crippen molar-refractivity contribution in [2.24, 2.45) is 0 Å². The molecule has 14 heavy (non-hydrogen) atoms. The van der Waals surface area contributed by atoms with E-state index in [-0.39, 0.29) is 0 Å². The molecule has 4 heteroatoms. The van der Waals surface area contributed by atoms with Gasteiger partial charge < -0.3 is 10.1 Å². The molecule has 0 saturated carbocycles. The molecule has 3 nitrogen and oxygen atoms in total. The van der Waals surface area contributed by atoms with E-state index in [4.69, 9.17) is 4.74 Å². The van der Waals surface area contributed by atoms with Crippen molar-refractivity contribution in [3.05, 3.63) is 35.4 Å². The minimum absolute atomic E-state index is 0.308. The number of halogens is 1. The second kappa shape index (κ2) is 5.65. The number of hydrogen-bond acceptors (Lipinski definition) is 2. The first-order valence-corrected chi connectivity index (χ1v) is 5.36. The van der Waals surface area contributed by atoms with Gasteiger partial charge in [-0.05, 0) is 11.1 Å².